The normalized spacial score (nSPS) is 16.6. The summed E-state index contributed by atoms with van der Waals surface area (Å²) in [5.74, 6) is 0.897. The van der Waals surface area contributed by atoms with E-state index in [0.29, 0.717) is 5.92 Å². The van der Waals surface area contributed by atoms with Gasteiger partial charge in [-0.05, 0) is 49.8 Å². The van der Waals surface area contributed by atoms with Gasteiger partial charge in [-0.15, -0.1) is 0 Å². The third-order valence-corrected chi connectivity index (χ3v) is 6.27. The first-order chi connectivity index (χ1) is 13.2. The number of nitrogens with zero attached hydrogens (tertiary/aromatic N) is 2. The molecule has 0 spiro atoms. The molecule has 1 N–H and O–H groups in total. The van der Waals surface area contributed by atoms with E-state index in [1.54, 1.807) is 0 Å². The predicted octanol–water partition coefficient (Wildman–Crippen LogP) is 4.52. The first-order valence-electron chi connectivity index (χ1n) is 9.63. The fourth-order valence-electron chi connectivity index (χ4n) is 3.77. The Morgan fingerprint density at radius 1 is 1.15 bits per heavy atom. The summed E-state index contributed by atoms with van der Waals surface area (Å²) in [7, 11) is 0. The highest BCUT2D eigenvalue weighted by Gasteiger charge is 2.27. The number of aromatic amines is 1. The molecule has 140 valence electrons. The second-order valence-electron chi connectivity index (χ2n) is 7.28. The van der Waals surface area contributed by atoms with E-state index in [9.17, 15) is 4.79 Å². The van der Waals surface area contributed by atoms with Crippen LogP contribution in [0, 0.1) is 5.92 Å². The second-order valence-corrected chi connectivity index (χ2v) is 8.61. The van der Waals surface area contributed by atoms with Crippen LogP contribution >= 0.6 is 11.8 Å². The molecule has 3 aromatic rings. The number of imidazole rings is 1. The quantitative estimate of drug-likeness (QED) is 0.663. The third kappa shape index (κ3) is 4.35. The van der Waals surface area contributed by atoms with E-state index >= 15 is 0 Å². The van der Waals surface area contributed by atoms with Gasteiger partial charge in [0.2, 0.25) is 5.91 Å². The first kappa shape index (κ1) is 18.1. The highest BCUT2D eigenvalue weighted by molar-refractivity contribution is 8.00. The summed E-state index contributed by atoms with van der Waals surface area (Å²) in [6, 6.07) is 18.6. The summed E-state index contributed by atoms with van der Waals surface area (Å²) in [6.45, 7) is 3.71. The van der Waals surface area contributed by atoms with Crippen molar-refractivity contribution in [2.45, 2.75) is 36.6 Å². The van der Waals surface area contributed by atoms with Crippen molar-refractivity contribution in [1.29, 1.82) is 0 Å². The van der Waals surface area contributed by atoms with Crippen LogP contribution in [0.15, 0.2) is 59.8 Å². The average Bonchev–Trinajstić information content (AvgIpc) is 3.11. The zero-order chi connectivity index (χ0) is 18.6. The molecular formula is C22H25N3OS. The van der Waals surface area contributed by atoms with E-state index in [2.05, 4.69) is 40.3 Å². The van der Waals surface area contributed by atoms with Crippen LogP contribution in [0.4, 0.5) is 0 Å². The van der Waals surface area contributed by atoms with Crippen molar-refractivity contribution in [2.24, 2.45) is 5.92 Å². The van der Waals surface area contributed by atoms with Crippen molar-refractivity contribution in [2.75, 3.05) is 13.1 Å². The molecule has 1 saturated heterocycles. The fraction of sp³-hybridized carbons (Fsp3) is 0.364. The average molecular weight is 380 g/mol. The van der Waals surface area contributed by atoms with Gasteiger partial charge >= 0.3 is 0 Å². The zero-order valence-corrected chi connectivity index (χ0v) is 16.4. The Labute approximate surface area is 164 Å². The van der Waals surface area contributed by atoms with Crippen LogP contribution in [0.25, 0.3) is 11.0 Å². The van der Waals surface area contributed by atoms with Crippen molar-refractivity contribution in [3.8, 4) is 0 Å². The molecule has 0 radical (unpaired) electrons. The third-order valence-electron chi connectivity index (χ3n) is 5.30. The lowest BCUT2D eigenvalue weighted by atomic mass is 9.90. The number of rotatable bonds is 5. The van der Waals surface area contributed by atoms with E-state index < -0.39 is 0 Å². The summed E-state index contributed by atoms with van der Waals surface area (Å²) >= 11 is 1.52. The molecule has 0 saturated carbocycles. The number of amides is 1. The van der Waals surface area contributed by atoms with Crippen LogP contribution in [0.2, 0.25) is 0 Å². The Kier molecular flexibility index (Phi) is 5.48. The molecule has 5 heteroatoms. The van der Waals surface area contributed by atoms with E-state index in [4.69, 9.17) is 0 Å². The number of hydrogen-bond acceptors (Lipinski definition) is 3. The fourth-order valence-corrected chi connectivity index (χ4v) is 4.67. The molecule has 4 rings (SSSR count). The summed E-state index contributed by atoms with van der Waals surface area (Å²) < 4.78 is 0. The maximum Gasteiger partial charge on any atom is 0.235 e. The number of piperidine rings is 1. The molecule has 1 amide bonds. The van der Waals surface area contributed by atoms with Gasteiger partial charge < -0.3 is 9.88 Å². The number of hydrogen-bond donors (Lipinski definition) is 1. The lowest BCUT2D eigenvalue weighted by Crippen LogP contribution is -2.42. The van der Waals surface area contributed by atoms with Crippen LogP contribution < -0.4 is 0 Å². The van der Waals surface area contributed by atoms with E-state index in [-0.39, 0.29) is 11.2 Å². The maximum atomic E-state index is 12.8. The molecule has 1 aliphatic heterocycles. The number of benzene rings is 2. The molecule has 2 aromatic carbocycles. The van der Waals surface area contributed by atoms with Gasteiger partial charge in [0.15, 0.2) is 5.16 Å². The monoisotopic (exact) mass is 379 g/mol. The zero-order valence-electron chi connectivity index (χ0n) is 15.6. The second kappa shape index (κ2) is 8.17. The first-order valence-corrected chi connectivity index (χ1v) is 10.5. The molecule has 1 aromatic heterocycles. The Bertz CT molecular complexity index is 867. The van der Waals surface area contributed by atoms with Crippen LogP contribution in [-0.2, 0) is 11.2 Å². The lowest BCUT2D eigenvalue weighted by Gasteiger charge is -2.33. The maximum absolute atomic E-state index is 12.8. The molecule has 2 heterocycles. The molecule has 4 nitrogen and oxygen atoms in total. The number of carbonyl (C=O) groups is 1. The van der Waals surface area contributed by atoms with Crippen molar-refractivity contribution in [3.05, 3.63) is 60.2 Å². The molecule has 1 aliphatic rings. The predicted molar refractivity (Wildman–Crippen MR) is 111 cm³/mol. The van der Waals surface area contributed by atoms with Crippen molar-refractivity contribution >= 4 is 28.7 Å². The largest absolute Gasteiger partial charge is 0.342 e. The number of thioether (sulfide) groups is 1. The van der Waals surface area contributed by atoms with E-state index in [1.165, 1.54) is 17.3 Å². The lowest BCUT2D eigenvalue weighted by molar-refractivity contribution is -0.131. The standard InChI is InChI=1S/C22H25N3OS/c1-16(27-22-23-19-9-5-6-10-20(19)24-22)21(26)25-13-11-18(12-14-25)15-17-7-3-2-4-8-17/h2-10,16,18H,11-15H2,1H3,(H,23,24). The molecule has 1 fully saturated rings. The minimum Gasteiger partial charge on any atom is -0.342 e. The van der Waals surface area contributed by atoms with Crippen molar-refractivity contribution in [1.82, 2.24) is 14.9 Å². The topological polar surface area (TPSA) is 49.0 Å². The van der Waals surface area contributed by atoms with Gasteiger partial charge in [-0.1, -0.05) is 54.2 Å². The number of likely N-dealkylation sites (tertiary alicyclic amines) is 1. The molecular weight excluding hydrogens is 354 g/mol. The smallest absolute Gasteiger partial charge is 0.235 e. The van der Waals surface area contributed by atoms with Crippen LogP contribution in [-0.4, -0.2) is 39.1 Å². The Balaban J connectivity index is 1.30. The van der Waals surface area contributed by atoms with Crippen molar-refractivity contribution in [3.63, 3.8) is 0 Å². The van der Waals surface area contributed by atoms with Gasteiger partial charge in [0.1, 0.15) is 0 Å². The number of aromatic nitrogens is 2. The van der Waals surface area contributed by atoms with E-state index in [0.717, 1.165) is 48.5 Å². The summed E-state index contributed by atoms with van der Waals surface area (Å²) in [4.78, 5) is 22.8. The molecule has 27 heavy (non-hydrogen) atoms. The van der Waals surface area contributed by atoms with Crippen LogP contribution in [0.5, 0.6) is 0 Å². The van der Waals surface area contributed by atoms with Gasteiger partial charge in [0.05, 0.1) is 16.3 Å². The van der Waals surface area contributed by atoms with Gasteiger partial charge in [0.25, 0.3) is 0 Å². The minimum atomic E-state index is -0.128. The van der Waals surface area contributed by atoms with Gasteiger partial charge in [-0.2, -0.15) is 0 Å². The molecule has 1 atom stereocenters. The molecule has 0 bridgehead atoms. The Hall–Kier alpha value is -2.27. The van der Waals surface area contributed by atoms with Gasteiger partial charge in [-0.25, -0.2) is 4.98 Å². The number of nitrogens with one attached hydrogen (secondary N) is 1. The number of H-pyrrole nitrogens is 1. The number of para-hydroxylation sites is 2. The summed E-state index contributed by atoms with van der Waals surface area (Å²) in [6.07, 6.45) is 3.29. The minimum absolute atomic E-state index is 0.128. The summed E-state index contributed by atoms with van der Waals surface area (Å²) in [5.41, 5.74) is 3.36. The highest BCUT2D eigenvalue weighted by Crippen LogP contribution is 2.27. The Morgan fingerprint density at radius 3 is 2.59 bits per heavy atom. The summed E-state index contributed by atoms with van der Waals surface area (Å²) in [5, 5.41) is 0.687. The van der Waals surface area contributed by atoms with Gasteiger partial charge in [0, 0.05) is 13.1 Å². The van der Waals surface area contributed by atoms with Crippen LogP contribution in [0.3, 0.4) is 0 Å². The van der Waals surface area contributed by atoms with E-state index in [1.807, 2.05) is 36.1 Å². The Morgan fingerprint density at radius 2 is 1.85 bits per heavy atom. The van der Waals surface area contributed by atoms with Gasteiger partial charge in [-0.3, -0.25) is 4.79 Å². The number of fused-ring (bicyclic) bond motifs is 1. The molecule has 1 unspecified atom stereocenters. The highest BCUT2D eigenvalue weighted by atomic mass is 32.2. The van der Waals surface area contributed by atoms with Crippen molar-refractivity contribution < 1.29 is 4.79 Å². The molecule has 0 aliphatic carbocycles. The SMILES string of the molecule is CC(Sc1nc2ccccc2[nH]1)C(=O)N1CCC(Cc2ccccc2)CC1. The number of carbonyl (C=O) groups excluding carboxylic acids is 1. The van der Waals surface area contributed by atoms with Crippen LogP contribution in [0.1, 0.15) is 25.3 Å².